The van der Waals surface area contributed by atoms with Gasteiger partial charge in [-0.25, -0.2) is 0 Å². The van der Waals surface area contributed by atoms with Crippen molar-refractivity contribution >= 4 is 11.6 Å². The molecule has 12 heavy (non-hydrogen) atoms. The number of phenolic OH excluding ortho intramolecular Hbond substituents is 1. The van der Waals surface area contributed by atoms with Crippen LogP contribution in [0.5, 0.6) is 5.75 Å². The van der Waals surface area contributed by atoms with E-state index in [1.54, 1.807) is 12.1 Å². The smallest absolute Gasteiger partial charge is 0.115 e. The SMILES string of the molecule is CCC(Cl)Cc1ccc(O)cc1. The van der Waals surface area contributed by atoms with Gasteiger partial charge < -0.3 is 5.11 Å². The van der Waals surface area contributed by atoms with Crippen molar-refractivity contribution in [2.24, 2.45) is 0 Å². The maximum absolute atomic E-state index is 9.02. The quantitative estimate of drug-likeness (QED) is 0.717. The van der Waals surface area contributed by atoms with Gasteiger partial charge in [0.15, 0.2) is 0 Å². The normalized spacial score (nSPS) is 12.8. The Morgan fingerprint density at radius 1 is 1.33 bits per heavy atom. The molecule has 0 amide bonds. The number of halogens is 1. The van der Waals surface area contributed by atoms with E-state index in [0.29, 0.717) is 5.75 Å². The molecular formula is C10H13ClO. The summed E-state index contributed by atoms with van der Waals surface area (Å²) in [4.78, 5) is 0. The number of phenols is 1. The second-order valence-corrected chi connectivity index (χ2v) is 3.49. The zero-order valence-electron chi connectivity index (χ0n) is 7.13. The molecule has 0 fully saturated rings. The summed E-state index contributed by atoms with van der Waals surface area (Å²) in [6.45, 7) is 2.07. The Labute approximate surface area is 78.0 Å². The van der Waals surface area contributed by atoms with Crippen molar-refractivity contribution in [3.63, 3.8) is 0 Å². The van der Waals surface area contributed by atoms with Crippen LogP contribution >= 0.6 is 11.6 Å². The fourth-order valence-corrected chi connectivity index (χ4v) is 1.21. The minimum absolute atomic E-state index is 0.203. The molecule has 0 aliphatic heterocycles. The van der Waals surface area contributed by atoms with Crippen LogP contribution in [0.3, 0.4) is 0 Å². The molecule has 0 saturated heterocycles. The highest BCUT2D eigenvalue weighted by molar-refractivity contribution is 6.20. The minimum Gasteiger partial charge on any atom is -0.508 e. The van der Waals surface area contributed by atoms with Crippen molar-refractivity contribution in [3.8, 4) is 5.75 Å². The molecule has 1 nitrogen and oxygen atoms in total. The van der Waals surface area contributed by atoms with E-state index in [4.69, 9.17) is 16.7 Å². The van der Waals surface area contributed by atoms with E-state index in [2.05, 4.69) is 6.92 Å². The lowest BCUT2D eigenvalue weighted by atomic mass is 10.1. The van der Waals surface area contributed by atoms with Gasteiger partial charge in [0.05, 0.1) is 0 Å². The predicted octanol–water partition coefficient (Wildman–Crippen LogP) is 2.95. The van der Waals surface area contributed by atoms with Crippen molar-refractivity contribution in [2.75, 3.05) is 0 Å². The molecule has 1 unspecified atom stereocenters. The first-order valence-electron chi connectivity index (χ1n) is 4.14. The summed E-state index contributed by atoms with van der Waals surface area (Å²) in [7, 11) is 0. The Hall–Kier alpha value is -0.690. The van der Waals surface area contributed by atoms with Crippen LogP contribution in [0.25, 0.3) is 0 Å². The maximum atomic E-state index is 9.02. The van der Waals surface area contributed by atoms with Crippen LogP contribution in [0.15, 0.2) is 24.3 Å². The van der Waals surface area contributed by atoms with Crippen LogP contribution in [0.1, 0.15) is 18.9 Å². The van der Waals surface area contributed by atoms with Crippen molar-refractivity contribution in [3.05, 3.63) is 29.8 Å². The van der Waals surface area contributed by atoms with Crippen molar-refractivity contribution in [2.45, 2.75) is 25.1 Å². The lowest BCUT2D eigenvalue weighted by Crippen LogP contribution is -2.00. The third-order valence-corrected chi connectivity index (χ3v) is 2.30. The molecule has 1 N–H and O–H groups in total. The molecule has 0 aliphatic rings. The Balaban J connectivity index is 2.58. The molecule has 0 spiro atoms. The van der Waals surface area contributed by atoms with Gasteiger partial charge in [-0.3, -0.25) is 0 Å². The molecule has 66 valence electrons. The number of rotatable bonds is 3. The number of aromatic hydroxyl groups is 1. The minimum atomic E-state index is 0.203. The lowest BCUT2D eigenvalue weighted by molar-refractivity contribution is 0.475. The third kappa shape index (κ3) is 2.74. The van der Waals surface area contributed by atoms with E-state index in [0.717, 1.165) is 12.8 Å². The predicted molar refractivity (Wildman–Crippen MR) is 51.7 cm³/mol. The van der Waals surface area contributed by atoms with Gasteiger partial charge in [0.1, 0.15) is 5.75 Å². The number of benzene rings is 1. The number of hydrogen-bond acceptors (Lipinski definition) is 1. The maximum Gasteiger partial charge on any atom is 0.115 e. The number of alkyl halides is 1. The first-order valence-corrected chi connectivity index (χ1v) is 4.58. The highest BCUT2D eigenvalue weighted by Gasteiger charge is 2.02. The second kappa shape index (κ2) is 4.36. The molecule has 1 aromatic carbocycles. The van der Waals surface area contributed by atoms with Gasteiger partial charge >= 0.3 is 0 Å². The fourth-order valence-electron chi connectivity index (χ4n) is 1.03. The molecule has 1 aromatic rings. The first-order chi connectivity index (χ1) is 5.72. The Kier molecular flexibility index (Phi) is 3.42. The molecule has 1 rings (SSSR count). The van der Waals surface area contributed by atoms with Crippen LogP contribution in [0, 0.1) is 0 Å². The summed E-state index contributed by atoms with van der Waals surface area (Å²) in [5, 5.41) is 9.22. The van der Waals surface area contributed by atoms with E-state index in [1.165, 1.54) is 5.56 Å². The van der Waals surface area contributed by atoms with Crippen molar-refractivity contribution < 1.29 is 5.11 Å². The molecule has 0 aromatic heterocycles. The molecule has 0 aliphatic carbocycles. The van der Waals surface area contributed by atoms with Gasteiger partial charge in [-0.2, -0.15) is 0 Å². The highest BCUT2D eigenvalue weighted by atomic mass is 35.5. The molecular weight excluding hydrogens is 172 g/mol. The molecule has 2 heteroatoms. The van der Waals surface area contributed by atoms with E-state index in [9.17, 15) is 0 Å². The van der Waals surface area contributed by atoms with Gasteiger partial charge in [-0.05, 0) is 30.5 Å². The van der Waals surface area contributed by atoms with Crippen LogP contribution in [-0.2, 0) is 6.42 Å². The van der Waals surface area contributed by atoms with Gasteiger partial charge in [0, 0.05) is 5.38 Å². The summed E-state index contributed by atoms with van der Waals surface area (Å²) in [6, 6.07) is 7.18. The van der Waals surface area contributed by atoms with Gasteiger partial charge in [-0.15, -0.1) is 11.6 Å². The van der Waals surface area contributed by atoms with Crippen molar-refractivity contribution in [1.82, 2.24) is 0 Å². The monoisotopic (exact) mass is 184 g/mol. The highest BCUT2D eigenvalue weighted by Crippen LogP contribution is 2.14. The van der Waals surface area contributed by atoms with Crippen LogP contribution < -0.4 is 0 Å². The van der Waals surface area contributed by atoms with E-state index in [-0.39, 0.29) is 5.38 Å². The van der Waals surface area contributed by atoms with E-state index < -0.39 is 0 Å². The number of hydrogen-bond donors (Lipinski definition) is 1. The Bertz CT molecular complexity index is 230. The van der Waals surface area contributed by atoms with Crippen molar-refractivity contribution in [1.29, 1.82) is 0 Å². The largest absolute Gasteiger partial charge is 0.508 e. The van der Waals surface area contributed by atoms with Gasteiger partial charge in [0.25, 0.3) is 0 Å². The molecule has 0 radical (unpaired) electrons. The van der Waals surface area contributed by atoms with E-state index >= 15 is 0 Å². The van der Waals surface area contributed by atoms with Gasteiger partial charge in [-0.1, -0.05) is 19.1 Å². The van der Waals surface area contributed by atoms with E-state index in [1.807, 2.05) is 12.1 Å². The van der Waals surface area contributed by atoms with Crippen LogP contribution in [-0.4, -0.2) is 10.5 Å². The molecule has 0 saturated carbocycles. The summed E-state index contributed by atoms with van der Waals surface area (Å²) in [6.07, 6.45) is 1.85. The zero-order chi connectivity index (χ0) is 8.97. The van der Waals surface area contributed by atoms with Crippen LogP contribution in [0.4, 0.5) is 0 Å². The molecule has 0 bridgehead atoms. The standard InChI is InChI=1S/C10H13ClO/c1-2-9(11)7-8-3-5-10(12)6-4-8/h3-6,9,12H,2,7H2,1H3. The first kappa shape index (κ1) is 9.40. The van der Waals surface area contributed by atoms with Gasteiger partial charge in [0.2, 0.25) is 0 Å². The van der Waals surface area contributed by atoms with Crippen LogP contribution in [0.2, 0.25) is 0 Å². The zero-order valence-corrected chi connectivity index (χ0v) is 7.88. The Morgan fingerprint density at radius 2 is 1.92 bits per heavy atom. The summed E-state index contributed by atoms with van der Waals surface area (Å²) in [5.74, 6) is 0.307. The Morgan fingerprint density at radius 3 is 2.42 bits per heavy atom. The summed E-state index contributed by atoms with van der Waals surface area (Å²) >= 11 is 5.98. The molecule has 1 atom stereocenters. The fraction of sp³-hybridized carbons (Fsp3) is 0.400. The average Bonchev–Trinajstić information content (AvgIpc) is 2.09. The average molecular weight is 185 g/mol. The second-order valence-electron chi connectivity index (χ2n) is 2.88. The summed E-state index contributed by atoms with van der Waals surface area (Å²) in [5.41, 5.74) is 1.18. The topological polar surface area (TPSA) is 20.2 Å². The molecule has 0 heterocycles. The lowest BCUT2D eigenvalue weighted by Gasteiger charge is -2.05. The third-order valence-electron chi connectivity index (χ3n) is 1.84. The summed E-state index contributed by atoms with van der Waals surface area (Å²) < 4.78 is 0.